The van der Waals surface area contributed by atoms with Crippen molar-refractivity contribution in [1.29, 1.82) is 0 Å². The molecule has 1 aliphatic heterocycles. The zero-order chi connectivity index (χ0) is 14.8. The second-order valence-corrected chi connectivity index (χ2v) is 5.11. The van der Waals surface area contributed by atoms with Gasteiger partial charge in [-0.15, -0.1) is 4.28 Å². The Morgan fingerprint density at radius 2 is 2.05 bits per heavy atom. The van der Waals surface area contributed by atoms with Crippen molar-refractivity contribution in [2.75, 3.05) is 5.32 Å². The quantitative estimate of drug-likeness (QED) is 0.456. The molecule has 0 amide bonds. The molecule has 0 aromatic heterocycles. The van der Waals surface area contributed by atoms with Gasteiger partial charge in [0.05, 0.1) is 6.08 Å². The molecule has 1 aromatic carbocycles. The average molecular weight is 299 g/mol. The summed E-state index contributed by atoms with van der Waals surface area (Å²) >= 11 is 0. The fraction of sp³-hybridized carbons (Fsp3) is 0.182. The molecule has 1 atom stereocenters. The first-order chi connectivity index (χ1) is 9.35. The minimum absolute atomic E-state index is 0.410. The summed E-state index contributed by atoms with van der Waals surface area (Å²) in [5.41, 5.74) is 6.99. The highest BCUT2D eigenvalue weighted by atomic mass is 32.3. The molecular formula is C11H15N4O4S+. The third-order valence-corrected chi connectivity index (χ3v) is 2.83. The van der Waals surface area contributed by atoms with E-state index in [2.05, 4.69) is 14.9 Å². The number of anilines is 1. The van der Waals surface area contributed by atoms with Crippen LogP contribution in [0.4, 0.5) is 5.69 Å². The van der Waals surface area contributed by atoms with Crippen molar-refractivity contribution in [1.82, 2.24) is 5.32 Å². The van der Waals surface area contributed by atoms with E-state index in [0.29, 0.717) is 11.5 Å². The van der Waals surface area contributed by atoms with Crippen molar-refractivity contribution in [2.45, 2.75) is 13.2 Å². The number of rotatable bonds is 4. The Bertz CT molecular complexity index is 654. The molecule has 0 radical (unpaired) electrons. The summed E-state index contributed by atoms with van der Waals surface area (Å²) < 4.78 is 35.3. The summed E-state index contributed by atoms with van der Waals surface area (Å²) in [6, 6.07) is 9.36. The Kier molecular flexibility index (Phi) is 3.93. The van der Waals surface area contributed by atoms with Crippen molar-refractivity contribution in [3.05, 3.63) is 42.2 Å². The lowest BCUT2D eigenvalue weighted by atomic mass is 10.3. The van der Waals surface area contributed by atoms with Gasteiger partial charge in [0.15, 0.2) is 0 Å². The lowest BCUT2D eigenvalue weighted by Gasteiger charge is -2.19. The molecule has 1 aliphatic rings. The van der Waals surface area contributed by atoms with Crippen molar-refractivity contribution in [2.24, 2.45) is 5.73 Å². The van der Waals surface area contributed by atoms with Gasteiger partial charge < -0.3 is 5.32 Å². The number of benzene rings is 1. The largest absolute Gasteiger partial charge is 0.499 e. The van der Waals surface area contributed by atoms with Crippen LogP contribution in [0.25, 0.3) is 0 Å². The van der Waals surface area contributed by atoms with E-state index in [1.165, 1.54) is 0 Å². The van der Waals surface area contributed by atoms with E-state index in [1.807, 2.05) is 30.3 Å². The standard InChI is InChI=1S/C11H14N4O4S/c1-8-7-10(13-9-5-3-2-4-6-9)14-11(12)15(8)19-20(16,17)18/h2-7,11H,12H2,1H3,(H2,13,14,16,17,18)/p+1. The normalized spacial score (nSPS) is 19.1. The van der Waals surface area contributed by atoms with Crippen LogP contribution in [0, 0.1) is 0 Å². The second kappa shape index (κ2) is 5.49. The van der Waals surface area contributed by atoms with Crippen molar-refractivity contribution in [3.8, 4) is 0 Å². The van der Waals surface area contributed by atoms with Gasteiger partial charge in [0.25, 0.3) is 0 Å². The van der Waals surface area contributed by atoms with Gasteiger partial charge in [-0.3, -0.25) is 9.87 Å². The van der Waals surface area contributed by atoms with E-state index >= 15 is 0 Å². The summed E-state index contributed by atoms with van der Waals surface area (Å²) in [4.78, 5) is 0. The fourth-order valence-electron chi connectivity index (χ4n) is 1.71. The Morgan fingerprint density at radius 1 is 1.40 bits per heavy atom. The summed E-state index contributed by atoms with van der Waals surface area (Å²) in [7, 11) is -4.63. The molecule has 0 saturated heterocycles. The third kappa shape index (κ3) is 3.70. The highest BCUT2D eigenvalue weighted by molar-refractivity contribution is 7.80. The molecular weight excluding hydrogens is 284 g/mol. The maximum atomic E-state index is 10.7. The Hall–Kier alpha value is -2.10. The predicted molar refractivity (Wildman–Crippen MR) is 72.8 cm³/mol. The first-order valence-corrected chi connectivity index (χ1v) is 7.07. The number of allylic oxidation sites excluding steroid dienone is 1. The topological polar surface area (TPSA) is 117 Å². The molecule has 0 fully saturated rings. The van der Waals surface area contributed by atoms with Gasteiger partial charge in [0, 0.05) is 17.3 Å². The third-order valence-electron chi connectivity index (χ3n) is 2.48. The minimum Gasteiger partial charge on any atom is -0.342 e. The number of nitrogens with two attached hydrogens (primary N) is 1. The van der Waals surface area contributed by atoms with Gasteiger partial charge in [-0.2, -0.15) is 8.42 Å². The maximum absolute atomic E-state index is 10.7. The van der Waals surface area contributed by atoms with E-state index in [9.17, 15) is 8.42 Å². The minimum atomic E-state index is -4.63. The Morgan fingerprint density at radius 3 is 2.60 bits per heavy atom. The zero-order valence-corrected chi connectivity index (χ0v) is 11.5. The van der Waals surface area contributed by atoms with E-state index < -0.39 is 16.7 Å². The second-order valence-electron chi connectivity index (χ2n) is 4.11. The van der Waals surface area contributed by atoms with Crippen molar-refractivity contribution < 1.29 is 22.0 Å². The lowest BCUT2D eigenvalue weighted by molar-refractivity contribution is -0.775. The number of hydrogen-bond donors (Lipinski definition) is 4. The molecule has 20 heavy (non-hydrogen) atoms. The highest BCUT2D eigenvalue weighted by Crippen LogP contribution is 2.10. The SMILES string of the molecule is CC1=[N+](OS(=O)(=O)O)C(N)NC(Nc2ccccc2)=C1. The lowest BCUT2D eigenvalue weighted by Crippen LogP contribution is -2.52. The van der Waals surface area contributed by atoms with Crippen LogP contribution in [0.5, 0.6) is 0 Å². The average Bonchev–Trinajstić information content (AvgIpc) is 2.34. The maximum Gasteiger partial charge on any atom is 0.499 e. The summed E-state index contributed by atoms with van der Waals surface area (Å²) in [6.45, 7) is 1.60. The highest BCUT2D eigenvalue weighted by Gasteiger charge is 2.31. The molecule has 0 aliphatic carbocycles. The van der Waals surface area contributed by atoms with Gasteiger partial charge in [0.1, 0.15) is 5.82 Å². The number of hydroxylamine groups is 1. The zero-order valence-electron chi connectivity index (χ0n) is 10.6. The van der Waals surface area contributed by atoms with Crippen LogP contribution in [0.15, 0.2) is 42.2 Å². The van der Waals surface area contributed by atoms with E-state index in [4.69, 9.17) is 10.3 Å². The number of nitrogens with one attached hydrogen (secondary N) is 2. The Labute approximate surface area is 116 Å². The predicted octanol–water partition coefficient (Wildman–Crippen LogP) is -0.00680. The molecule has 8 nitrogen and oxygen atoms in total. The first-order valence-electron chi connectivity index (χ1n) is 5.71. The molecule has 108 valence electrons. The van der Waals surface area contributed by atoms with Gasteiger partial charge >= 0.3 is 16.7 Å². The molecule has 1 unspecified atom stereocenters. The van der Waals surface area contributed by atoms with E-state index in [1.54, 1.807) is 13.0 Å². The number of hydrogen-bond acceptors (Lipinski definition) is 6. The van der Waals surface area contributed by atoms with E-state index in [-0.39, 0.29) is 0 Å². The summed E-state index contributed by atoms with van der Waals surface area (Å²) in [5, 5.41) is 5.88. The van der Waals surface area contributed by atoms with Crippen molar-refractivity contribution >= 4 is 21.8 Å². The summed E-state index contributed by atoms with van der Waals surface area (Å²) in [6.07, 6.45) is 0.634. The molecule has 0 spiro atoms. The van der Waals surface area contributed by atoms with Gasteiger partial charge in [-0.05, 0) is 12.1 Å². The monoisotopic (exact) mass is 299 g/mol. The number of nitrogens with zero attached hydrogens (tertiary/aromatic N) is 1. The van der Waals surface area contributed by atoms with Gasteiger partial charge in [-0.1, -0.05) is 18.2 Å². The van der Waals surface area contributed by atoms with Crippen LogP contribution in [0.2, 0.25) is 0 Å². The van der Waals surface area contributed by atoms with Crippen LogP contribution in [-0.4, -0.2) is 29.7 Å². The molecule has 0 bridgehead atoms. The first kappa shape index (κ1) is 14.3. The molecule has 1 aromatic rings. The van der Waals surface area contributed by atoms with Gasteiger partial charge in [0.2, 0.25) is 5.71 Å². The van der Waals surface area contributed by atoms with Gasteiger partial charge in [-0.25, -0.2) is 5.73 Å². The van der Waals surface area contributed by atoms with Crippen LogP contribution in [0.1, 0.15) is 6.92 Å². The number of para-hydroxylation sites is 1. The van der Waals surface area contributed by atoms with Crippen LogP contribution < -0.4 is 16.4 Å². The Balaban J connectivity index is 2.21. The molecule has 2 rings (SSSR count). The molecule has 9 heteroatoms. The van der Waals surface area contributed by atoms with Crippen LogP contribution in [-0.2, 0) is 14.7 Å². The fourth-order valence-corrected chi connectivity index (χ4v) is 2.12. The summed E-state index contributed by atoms with van der Waals surface area (Å²) in [5.74, 6) is 0.580. The van der Waals surface area contributed by atoms with Crippen LogP contribution >= 0.6 is 0 Å². The van der Waals surface area contributed by atoms with E-state index in [0.717, 1.165) is 10.4 Å². The molecule has 0 saturated carbocycles. The van der Waals surface area contributed by atoms with Crippen molar-refractivity contribution in [3.63, 3.8) is 0 Å². The van der Waals surface area contributed by atoms with Crippen LogP contribution in [0.3, 0.4) is 0 Å². The smallest absolute Gasteiger partial charge is 0.342 e. The molecule has 1 heterocycles. The molecule has 5 N–H and O–H groups in total.